The Labute approximate surface area is 154 Å². The van der Waals surface area contributed by atoms with Crippen LogP contribution < -0.4 is 20.2 Å². The van der Waals surface area contributed by atoms with Crippen LogP contribution in [0.3, 0.4) is 0 Å². The fourth-order valence-corrected chi connectivity index (χ4v) is 2.47. The maximum Gasteiger partial charge on any atom is 0.186 e. The number of methoxy groups -OCH3 is 1. The molecule has 0 aliphatic carbocycles. The SMILES string of the molecule is CNC(=S)N/N=C/c1ccc(OCc2cc(C)cc(C)c2)c(OC)c1. The quantitative estimate of drug-likeness (QED) is 0.472. The van der Waals surface area contributed by atoms with Crippen molar-refractivity contribution in [2.75, 3.05) is 14.2 Å². The van der Waals surface area contributed by atoms with E-state index in [4.69, 9.17) is 21.7 Å². The Hall–Kier alpha value is -2.60. The molecule has 0 saturated heterocycles. The van der Waals surface area contributed by atoms with Gasteiger partial charge in [-0.25, -0.2) is 0 Å². The Morgan fingerprint density at radius 1 is 1.12 bits per heavy atom. The summed E-state index contributed by atoms with van der Waals surface area (Å²) in [5.74, 6) is 1.35. The summed E-state index contributed by atoms with van der Waals surface area (Å²) in [5, 5.41) is 7.30. The molecule has 0 aliphatic heterocycles. The summed E-state index contributed by atoms with van der Waals surface area (Å²) in [6.45, 7) is 4.66. The second-order valence-electron chi connectivity index (χ2n) is 5.64. The zero-order chi connectivity index (χ0) is 18.2. The summed E-state index contributed by atoms with van der Waals surface area (Å²) in [6.07, 6.45) is 1.67. The van der Waals surface area contributed by atoms with Gasteiger partial charge in [0, 0.05) is 7.05 Å². The minimum atomic E-state index is 0.455. The van der Waals surface area contributed by atoms with Gasteiger partial charge in [-0.3, -0.25) is 5.43 Å². The molecule has 0 radical (unpaired) electrons. The van der Waals surface area contributed by atoms with E-state index < -0.39 is 0 Å². The largest absolute Gasteiger partial charge is 0.493 e. The molecule has 0 amide bonds. The first-order valence-corrected chi connectivity index (χ1v) is 8.31. The second-order valence-corrected chi connectivity index (χ2v) is 6.05. The van der Waals surface area contributed by atoms with Crippen LogP contribution in [-0.4, -0.2) is 25.5 Å². The zero-order valence-electron chi connectivity index (χ0n) is 14.9. The fourth-order valence-electron chi connectivity index (χ4n) is 2.42. The van der Waals surface area contributed by atoms with E-state index in [9.17, 15) is 0 Å². The number of nitrogens with zero attached hydrogens (tertiary/aromatic N) is 1. The van der Waals surface area contributed by atoms with Gasteiger partial charge in [0.15, 0.2) is 16.6 Å². The van der Waals surface area contributed by atoms with Crippen molar-refractivity contribution in [3.05, 3.63) is 58.7 Å². The average Bonchev–Trinajstić information content (AvgIpc) is 2.59. The van der Waals surface area contributed by atoms with E-state index in [1.54, 1.807) is 20.4 Å². The first-order chi connectivity index (χ1) is 12.0. The summed E-state index contributed by atoms with van der Waals surface area (Å²) in [4.78, 5) is 0. The lowest BCUT2D eigenvalue weighted by atomic mass is 10.1. The van der Waals surface area contributed by atoms with Crippen molar-refractivity contribution in [3.63, 3.8) is 0 Å². The van der Waals surface area contributed by atoms with Gasteiger partial charge < -0.3 is 14.8 Å². The molecular weight excluding hydrogens is 334 g/mol. The van der Waals surface area contributed by atoms with Gasteiger partial charge in [0.2, 0.25) is 0 Å². The highest BCUT2D eigenvalue weighted by Gasteiger charge is 2.06. The van der Waals surface area contributed by atoms with Crippen LogP contribution in [-0.2, 0) is 6.61 Å². The smallest absolute Gasteiger partial charge is 0.186 e. The highest BCUT2D eigenvalue weighted by Crippen LogP contribution is 2.28. The molecule has 132 valence electrons. The number of rotatable bonds is 6. The third kappa shape index (κ3) is 5.76. The molecule has 2 aromatic carbocycles. The molecule has 6 heteroatoms. The highest BCUT2D eigenvalue weighted by atomic mass is 32.1. The molecule has 0 saturated carbocycles. The van der Waals surface area contributed by atoms with Gasteiger partial charge in [-0.15, -0.1) is 0 Å². The van der Waals surface area contributed by atoms with Crippen molar-refractivity contribution >= 4 is 23.5 Å². The number of nitrogens with one attached hydrogen (secondary N) is 2. The standard InChI is InChI=1S/C19H23N3O2S/c1-13-7-14(2)9-16(8-13)12-24-17-6-5-15(10-18(17)23-4)11-21-22-19(25)20-3/h5-11H,12H2,1-4H3,(H2,20,22,25)/b21-11+. The van der Waals surface area contributed by atoms with Gasteiger partial charge in [0.25, 0.3) is 0 Å². The van der Waals surface area contributed by atoms with Gasteiger partial charge >= 0.3 is 0 Å². The predicted octanol–water partition coefficient (Wildman–Crippen LogP) is 3.32. The normalized spacial score (nSPS) is 10.6. The Balaban J connectivity index is 2.07. The minimum Gasteiger partial charge on any atom is -0.493 e. The molecule has 0 bridgehead atoms. The molecule has 5 nitrogen and oxygen atoms in total. The van der Waals surface area contributed by atoms with E-state index in [1.165, 1.54) is 11.1 Å². The van der Waals surface area contributed by atoms with E-state index in [2.05, 4.69) is 47.9 Å². The lowest BCUT2D eigenvalue weighted by molar-refractivity contribution is 0.284. The molecule has 2 aromatic rings. The highest BCUT2D eigenvalue weighted by molar-refractivity contribution is 7.80. The van der Waals surface area contributed by atoms with Gasteiger partial charge in [0.1, 0.15) is 6.61 Å². The summed E-state index contributed by atoms with van der Waals surface area (Å²) < 4.78 is 11.3. The summed E-state index contributed by atoms with van der Waals surface area (Å²) >= 11 is 4.96. The van der Waals surface area contributed by atoms with Crippen molar-refractivity contribution in [1.29, 1.82) is 0 Å². The minimum absolute atomic E-state index is 0.455. The molecule has 0 heterocycles. The van der Waals surface area contributed by atoms with Crippen LogP contribution >= 0.6 is 12.2 Å². The molecule has 0 aromatic heterocycles. The van der Waals surface area contributed by atoms with E-state index in [0.717, 1.165) is 11.1 Å². The number of benzene rings is 2. The zero-order valence-corrected chi connectivity index (χ0v) is 15.7. The molecule has 0 aliphatic rings. The molecule has 0 fully saturated rings. The van der Waals surface area contributed by atoms with Crippen molar-refractivity contribution in [2.45, 2.75) is 20.5 Å². The first kappa shape index (κ1) is 18.7. The van der Waals surface area contributed by atoms with Crippen LogP contribution in [0, 0.1) is 13.8 Å². The molecule has 2 rings (SSSR count). The topological polar surface area (TPSA) is 54.9 Å². The van der Waals surface area contributed by atoms with Crippen molar-refractivity contribution in [1.82, 2.24) is 10.7 Å². The Bertz CT molecular complexity index is 755. The summed E-state index contributed by atoms with van der Waals surface area (Å²) in [7, 11) is 3.35. The third-order valence-electron chi connectivity index (χ3n) is 3.47. The van der Waals surface area contributed by atoms with Gasteiger partial charge in [0.05, 0.1) is 13.3 Å². The Morgan fingerprint density at radius 3 is 2.48 bits per heavy atom. The Kier molecular flexibility index (Phi) is 6.77. The van der Waals surface area contributed by atoms with E-state index >= 15 is 0 Å². The molecule has 2 N–H and O–H groups in total. The molecule has 0 unspecified atom stereocenters. The van der Waals surface area contributed by atoms with Crippen LogP contribution in [0.25, 0.3) is 0 Å². The van der Waals surface area contributed by atoms with E-state index in [0.29, 0.717) is 23.2 Å². The lowest BCUT2D eigenvalue weighted by Crippen LogP contribution is -2.28. The molecule has 25 heavy (non-hydrogen) atoms. The number of hydrogen-bond acceptors (Lipinski definition) is 4. The molecular formula is C19H23N3O2S. The van der Waals surface area contributed by atoms with Crippen LogP contribution in [0.2, 0.25) is 0 Å². The number of hydrazone groups is 1. The molecule has 0 spiro atoms. The number of hydrogen-bond donors (Lipinski definition) is 2. The van der Waals surface area contributed by atoms with Crippen molar-refractivity contribution in [3.8, 4) is 11.5 Å². The van der Waals surface area contributed by atoms with Gasteiger partial charge in [-0.1, -0.05) is 29.3 Å². The summed E-state index contributed by atoms with van der Waals surface area (Å²) in [6, 6.07) is 12.0. The van der Waals surface area contributed by atoms with E-state index in [-0.39, 0.29) is 0 Å². The van der Waals surface area contributed by atoms with Crippen LogP contribution in [0.15, 0.2) is 41.5 Å². The monoisotopic (exact) mass is 357 g/mol. The predicted molar refractivity (Wildman–Crippen MR) is 106 cm³/mol. The number of ether oxygens (including phenoxy) is 2. The summed E-state index contributed by atoms with van der Waals surface area (Å²) in [5.41, 5.74) is 7.17. The second kappa shape index (κ2) is 9.03. The lowest BCUT2D eigenvalue weighted by Gasteiger charge is -2.12. The van der Waals surface area contributed by atoms with Gasteiger partial charge in [-0.05, 0) is 55.4 Å². The van der Waals surface area contributed by atoms with Crippen LogP contribution in [0.5, 0.6) is 11.5 Å². The third-order valence-corrected chi connectivity index (χ3v) is 3.77. The maximum atomic E-state index is 5.92. The number of thiocarbonyl (C=S) groups is 1. The fraction of sp³-hybridized carbons (Fsp3) is 0.263. The van der Waals surface area contributed by atoms with Crippen molar-refractivity contribution in [2.24, 2.45) is 5.10 Å². The van der Waals surface area contributed by atoms with Crippen molar-refractivity contribution < 1.29 is 9.47 Å². The van der Waals surface area contributed by atoms with E-state index in [1.807, 2.05) is 18.2 Å². The maximum absolute atomic E-state index is 5.92. The Morgan fingerprint density at radius 2 is 1.84 bits per heavy atom. The van der Waals surface area contributed by atoms with Crippen LogP contribution in [0.4, 0.5) is 0 Å². The number of aryl methyl sites for hydroxylation is 2. The van der Waals surface area contributed by atoms with Crippen LogP contribution in [0.1, 0.15) is 22.3 Å². The average molecular weight is 357 g/mol. The van der Waals surface area contributed by atoms with Gasteiger partial charge in [-0.2, -0.15) is 5.10 Å². The first-order valence-electron chi connectivity index (χ1n) is 7.90. The molecule has 0 atom stereocenters.